The van der Waals surface area contributed by atoms with Gasteiger partial charge in [0.05, 0.1) is 6.61 Å². The largest absolute Gasteiger partial charge is 0.508 e. The van der Waals surface area contributed by atoms with Gasteiger partial charge >= 0.3 is 0 Å². The van der Waals surface area contributed by atoms with Crippen LogP contribution in [0, 0.1) is 0 Å². The van der Waals surface area contributed by atoms with Crippen molar-refractivity contribution < 1.29 is 19.3 Å². The van der Waals surface area contributed by atoms with Crippen LogP contribution in [0.5, 0.6) is 17.2 Å². The Morgan fingerprint density at radius 2 is 1.21 bits per heavy atom. The van der Waals surface area contributed by atoms with Crippen LogP contribution in [0.3, 0.4) is 0 Å². The van der Waals surface area contributed by atoms with Crippen molar-refractivity contribution in [3.05, 3.63) is 138 Å². The van der Waals surface area contributed by atoms with Gasteiger partial charge in [0, 0.05) is 5.39 Å². The summed E-state index contributed by atoms with van der Waals surface area (Å²) in [5.41, 5.74) is 3.71. The van der Waals surface area contributed by atoms with Crippen LogP contribution in [0.1, 0.15) is 69.1 Å². The lowest BCUT2D eigenvalue weighted by Gasteiger charge is -2.21. The van der Waals surface area contributed by atoms with Gasteiger partial charge in [-0.2, -0.15) is 0 Å². The first kappa shape index (κ1) is 31.7. The number of aromatic hydroxyl groups is 1. The van der Waals surface area contributed by atoms with Gasteiger partial charge in [0.2, 0.25) is 6.29 Å². The Balaban J connectivity index is 0.000000324. The minimum absolute atomic E-state index is 0.286. The zero-order chi connectivity index (χ0) is 30.4. The molecule has 5 aromatic rings. The van der Waals surface area contributed by atoms with Crippen molar-refractivity contribution in [3.8, 4) is 17.2 Å². The maximum atomic E-state index is 9.01. The quantitative estimate of drug-likeness (QED) is 0.150. The number of phenols is 1. The number of benzene rings is 5. The van der Waals surface area contributed by atoms with Gasteiger partial charge in [-0.25, -0.2) is 0 Å². The normalized spacial score (nSPS) is 12.9. The van der Waals surface area contributed by atoms with Gasteiger partial charge in [0.15, 0.2) is 6.61 Å². The summed E-state index contributed by atoms with van der Waals surface area (Å²) in [4.78, 5) is 0. The molecular formula is C39H44O4. The SMILES string of the molecule is CCC(C)c1ccc(O)cc1.CCC(C)c1ccc(OC(COc2cccc3ccccc23)OCc2ccccc2)cc1. The molecule has 0 amide bonds. The summed E-state index contributed by atoms with van der Waals surface area (Å²) in [6.07, 6.45) is 1.72. The third-order valence-electron chi connectivity index (χ3n) is 7.81. The van der Waals surface area contributed by atoms with E-state index in [1.54, 1.807) is 12.1 Å². The first-order valence-corrected chi connectivity index (χ1v) is 15.3. The fourth-order valence-corrected chi connectivity index (χ4v) is 4.66. The second-order valence-electron chi connectivity index (χ2n) is 10.9. The molecule has 0 saturated heterocycles. The van der Waals surface area contributed by atoms with Crippen molar-refractivity contribution in [2.24, 2.45) is 0 Å². The Hall–Kier alpha value is -4.28. The topological polar surface area (TPSA) is 47.9 Å². The Morgan fingerprint density at radius 1 is 0.628 bits per heavy atom. The highest BCUT2D eigenvalue weighted by Crippen LogP contribution is 2.27. The van der Waals surface area contributed by atoms with E-state index in [0.29, 0.717) is 24.2 Å². The number of phenolic OH excluding ortho intramolecular Hbond substituents is 1. The van der Waals surface area contributed by atoms with Gasteiger partial charge in [-0.3, -0.25) is 0 Å². The molecule has 224 valence electrons. The lowest BCUT2D eigenvalue weighted by Crippen LogP contribution is -2.28. The van der Waals surface area contributed by atoms with Crippen LogP contribution in [0.15, 0.2) is 121 Å². The molecule has 0 aliphatic rings. The number of hydrogen-bond donors (Lipinski definition) is 1. The van der Waals surface area contributed by atoms with Crippen molar-refractivity contribution >= 4 is 10.8 Å². The molecule has 0 saturated carbocycles. The molecule has 0 spiro atoms. The number of fused-ring (bicyclic) bond motifs is 1. The first-order valence-electron chi connectivity index (χ1n) is 15.3. The Bertz CT molecular complexity index is 1490. The van der Waals surface area contributed by atoms with Crippen LogP contribution in [0.4, 0.5) is 0 Å². The van der Waals surface area contributed by atoms with Crippen molar-refractivity contribution in [2.75, 3.05) is 6.61 Å². The molecular weight excluding hydrogens is 532 g/mol. The molecule has 3 unspecified atom stereocenters. The monoisotopic (exact) mass is 576 g/mol. The number of ether oxygens (including phenoxy) is 3. The molecule has 5 rings (SSSR count). The van der Waals surface area contributed by atoms with E-state index in [9.17, 15) is 0 Å². The van der Waals surface area contributed by atoms with Crippen molar-refractivity contribution in [3.63, 3.8) is 0 Å². The van der Waals surface area contributed by atoms with E-state index in [2.05, 4.69) is 58.0 Å². The van der Waals surface area contributed by atoms with Crippen LogP contribution in [0.25, 0.3) is 10.8 Å². The molecule has 4 nitrogen and oxygen atoms in total. The fourth-order valence-electron chi connectivity index (χ4n) is 4.66. The number of rotatable bonds is 12. The Kier molecular flexibility index (Phi) is 12.1. The van der Waals surface area contributed by atoms with E-state index in [-0.39, 0.29) is 6.61 Å². The molecule has 43 heavy (non-hydrogen) atoms. The van der Waals surface area contributed by atoms with Gasteiger partial charge in [-0.15, -0.1) is 0 Å². The summed E-state index contributed by atoms with van der Waals surface area (Å²) in [6.45, 7) is 9.53. The molecule has 0 aliphatic heterocycles. The van der Waals surface area contributed by atoms with Crippen LogP contribution in [-0.4, -0.2) is 18.0 Å². The van der Waals surface area contributed by atoms with Crippen LogP contribution in [-0.2, 0) is 11.3 Å². The molecule has 0 aromatic heterocycles. The average Bonchev–Trinajstić information content (AvgIpc) is 3.06. The minimum atomic E-state index is -0.538. The number of hydrogen-bond acceptors (Lipinski definition) is 4. The maximum Gasteiger partial charge on any atom is 0.234 e. The van der Waals surface area contributed by atoms with Gasteiger partial charge in [-0.1, -0.05) is 119 Å². The summed E-state index contributed by atoms with van der Waals surface area (Å²) in [5.74, 6) is 3.07. The van der Waals surface area contributed by atoms with Gasteiger partial charge in [0.25, 0.3) is 0 Å². The van der Waals surface area contributed by atoms with E-state index in [4.69, 9.17) is 19.3 Å². The predicted molar refractivity (Wildman–Crippen MR) is 177 cm³/mol. The fraction of sp³-hybridized carbons (Fsp3) is 0.282. The highest BCUT2D eigenvalue weighted by atomic mass is 16.7. The van der Waals surface area contributed by atoms with Crippen molar-refractivity contribution in [2.45, 2.75) is 65.3 Å². The van der Waals surface area contributed by atoms with E-state index in [0.717, 1.165) is 40.7 Å². The Labute approximate surface area is 256 Å². The van der Waals surface area contributed by atoms with Gasteiger partial charge in [0.1, 0.15) is 17.2 Å². The highest BCUT2D eigenvalue weighted by Gasteiger charge is 2.15. The van der Waals surface area contributed by atoms with Crippen LogP contribution >= 0.6 is 0 Å². The standard InChI is InChI=1S/C29H30O3.C10H14O/c1-3-22(2)24-16-18-26(19-17-24)32-29(31-20-23-10-5-4-6-11-23)21-30-28-15-9-13-25-12-7-8-14-27(25)28;1-3-8(2)9-4-6-10(11)7-5-9/h4-19,22,29H,3,20-21H2,1-2H3;4-8,11H,3H2,1-2H3. The van der Waals surface area contributed by atoms with E-state index < -0.39 is 6.29 Å². The molecule has 0 fully saturated rings. The lowest BCUT2D eigenvalue weighted by atomic mass is 9.99. The lowest BCUT2D eigenvalue weighted by molar-refractivity contribution is -0.109. The average molecular weight is 577 g/mol. The van der Waals surface area contributed by atoms with Crippen LogP contribution < -0.4 is 9.47 Å². The summed E-state index contributed by atoms with van der Waals surface area (Å²) in [6, 6.07) is 40.1. The second kappa shape index (κ2) is 16.4. The van der Waals surface area contributed by atoms with E-state index in [1.165, 1.54) is 11.1 Å². The molecule has 5 aromatic carbocycles. The molecule has 1 N–H and O–H groups in total. The van der Waals surface area contributed by atoms with E-state index in [1.807, 2.05) is 78.9 Å². The summed E-state index contributed by atoms with van der Waals surface area (Å²) in [7, 11) is 0. The third-order valence-corrected chi connectivity index (χ3v) is 7.81. The first-order chi connectivity index (χ1) is 21.0. The highest BCUT2D eigenvalue weighted by molar-refractivity contribution is 5.88. The summed E-state index contributed by atoms with van der Waals surface area (Å²) in [5, 5.41) is 11.2. The Morgan fingerprint density at radius 3 is 1.86 bits per heavy atom. The smallest absolute Gasteiger partial charge is 0.234 e. The maximum absolute atomic E-state index is 9.01. The molecule has 0 radical (unpaired) electrons. The summed E-state index contributed by atoms with van der Waals surface area (Å²) >= 11 is 0. The van der Waals surface area contributed by atoms with Gasteiger partial charge in [-0.05, 0) is 77.1 Å². The second-order valence-corrected chi connectivity index (χ2v) is 10.9. The molecule has 0 bridgehead atoms. The predicted octanol–water partition coefficient (Wildman–Crippen LogP) is 10.3. The zero-order valence-electron chi connectivity index (χ0n) is 25.8. The molecule has 3 atom stereocenters. The summed E-state index contributed by atoms with van der Waals surface area (Å²) < 4.78 is 18.5. The van der Waals surface area contributed by atoms with Gasteiger partial charge < -0.3 is 19.3 Å². The molecule has 0 heterocycles. The third kappa shape index (κ3) is 9.62. The zero-order valence-corrected chi connectivity index (χ0v) is 25.8. The minimum Gasteiger partial charge on any atom is -0.508 e. The van der Waals surface area contributed by atoms with Crippen molar-refractivity contribution in [1.82, 2.24) is 0 Å². The van der Waals surface area contributed by atoms with E-state index >= 15 is 0 Å². The molecule has 4 heteroatoms. The van der Waals surface area contributed by atoms with Crippen LogP contribution in [0.2, 0.25) is 0 Å². The molecule has 0 aliphatic carbocycles. The van der Waals surface area contributed by atoms with Crippen molar-refractivity contribution in [1.29, 1.82) is 0 Å².